The third-order valence-corrected chi connectivity index (χ3v) is 8.26. The van der Waals surface area contributed by atoms with Crippen molar-refractivity contribution in [1.82, 2.24) is 4.90 Å². The molecular formula is C29H33Cl2N3O7. The van der Waals surface area contributed by atoms with Crippen molar-refractivity contribution in [3.8, 4) is 16.9 Å². The van der Waals surface area contributed by atoms with E-state index in [1.54, 1.807) is 14.1 Å². The normalized spacial score (nSPS) is 25.1. The van der Waals surface area contributed by atoms with Crippen LogP contribution >= 0.6 is 24.8 Å². The van der Waals surface area contributed by atoms with Crippen molar-refractivity contribution in [2.75, 3.05) is 33.1 Å². The molecule has 2 aromatic rings. The van der Waals surface area contributed by atoms with E-state index in [0.29, 0.717) is 16.7 Å². The van der Waals surface area contributed by atoms with Gasteiger partial charge < -0.3 is 31.1 Å². The molecule has 5 rings (SSSR count). The third-order valence-electron chi connectivity index (χ3n) is 8.26. The first-order valence-electron chi connectivity index (χ1n) is 12.6. The number of aromatic hydroxyl groups is 1. The zero-order chi connectivity index (χ0) is 28.5. The van der Waals surface area contributed by atoms with Crippen LogP contribution < -0.4 is 10.6 Å². The molecule has 1 saturated carbocycles. The number of aliphatic hydroxyl groups excluding tert-OH is 2. The number of hydrogen-bond donors (Lipinski definition) is 5. The molecule has 3 aliphatic rings. The van der Waals surface area contributed by atoms with Crippen LogP contribution in [0.25, 0.3) is 16.9 Å². The molecule has 1 amide bonds. The number of phenols is 1. The van der Waals surface area contributed by atoms with Gasteiger partial charge in [-0.15, -0.1) is 24.8 Å². The molecule has 0 saturated heterocycles. The molecule has 2 aromatic carbocycles. The number of Topliss-reactive ketones (excluding diaryl/α,β-unsaturated/α-hetero) is 2. The number of nitrogens with zero attached hydrogens (tertiary/aromatic N) is 2. The van der Waals surface area contributed by atoms with Crippen LogP contribution in [-0.2, 0) is 20.8 Å². The van der Waals surface area contributed by atoms with Gasteiger partial charge in [0.2, 0.25) is 5.78 Å². The third kappa shape index (κ3) is 4.46. The Hall–Kier alpha value is -3.57. The van der Waals surface area contributed by atoms with Gasteiger partial charge in [0.25, 0.3) is 5.91 Å². The molecule has 0 unspecified atom stereocenters. The Balaban J connectivity index is 0.00000231. The Morgan fingerprint density at radius 3 is 2.17 bits per heavy atom. The number of likely N-dealkylation sites (N-methyl/N-ethyl adjacent to an activating group) is 1. The van der Waals surface area contributed by atoms with Crippen LogP contribution in [0.5, 0.6) is 5.75 Å². The first-order valence-corrected chi connectivity index (χ1v) is 12.6. The van der Waals surface area contributed by atoms with E-state index in [-0.39, 0.29) is 54.5 Å². The number of anilines is 1. The van der Waals surface area contributed by atoms with Crippen molar-refractivity contribution in [2.45, 2.75) is 24.5 Å². The zero-order valence-electron chi connectivity index (χ0n) is 22.9. The van der Waals surface area contributed by atoms with E-state index < -0.39 is 58.0 Å². The van der Waals surface area contributed by atoms with Crippen LogP contribution in [0.1, 0.15) is 17.5 Å². The average molecular weight is 607 g/mol. The summed E-state index contributed by atoms with van der Waals surface area (Å²) in [6, 6.07) is 9.79. The van der Waals surface area contributed by atoms with Crippen LogP contribution in [-0.4, -0.2) is 82.6 Å². The molecule has 10 nitrogen and oxygen atoms in total. The Bertz CT molecular complexity index is 1500. The lowest BCUT2D eigenvalue weighted by atomic mass is 9.57. The zero-order valence-corrected chi connectivity index (χ0v) is 24.5. The van der Waals surface area contributed by atoms with Gasteiger partial charge >= 0.3 is 0 Å². The number of amides is 1. The van der Waals surface area contributed by atoms with Gasteiger partial charge in [0.1, 0.15) is 22.8 Å². The molecule has 41 heavy (non-hydrogen) atoms. The fourth-order valence-electron chi connectivity index (χ4n) is 6.53. The van der Waals surface area contributed by atoms with Crippen LogP contribution in [0.3, 0.4) is 0 Å². The number of nitrogens with two attached hydrogens (primary N) is 1. The lowest BCUT2D eigenvalue weighted by Gasteiger charge is -2.50. The largest absolute Gasteiger partial charge is 0.508 e. The first kappa shape index (κ1) is 32.0. The molecule has 3 aliphatic carbocycles. The summed E-state index contributed by atoms with van der Waals surface area (Å²) in [5.41, 5.74) is 4.25. The van der Waals surface area contributed by atoms with E-state index >= 15 is 0 Å². The highest BCUT2D eigenvalue weighted by Crippen LogP contribution is 2.54. The SMILES string of the molecule is CN(C)c1cc(-c2ccccc2)c(O)c2c1C[C@H]1C[C@H]3[C@H](N(C)C)C(=O)C(C(N)=O)=C(O)[C@@]3(O)C(=O)C1=C2O.Cl.Cl. The number of carbonyl (C=O) groups is 3. The number of ketones is 2. The van der Waals surface area contributed by atoms with Gasteiger partial charge in [-0.1, -0.05) is 30.3 Å². The summed E-state index contributed by atoms with van der Waals surface area (Å²) in [4.78, 5) is 42.7. The minimum Gasteiger partial charge on any atom is -0.508 e. The Morgan fingerprint density at radius 1 is 1.02 bits per heavy atom. The fourth-order valence-corrected chi connectivity index (χ4v) is 6.53. The summed E-state index contributed by atoms with van der Waals surface area (Å²) >= 11 is 0. The second kappa shape index (κ2) is 11.0. The lowest BCUT2D eigenvalue weighted by Crippen LogP contribution is -2.65. The van der Waals surface area contributed by atoms with E-state index in [9.17, 15) is 34.8 Å². The predicted octanol–water partition coefficient (Wildman–Crippen LogP) is 2.54. The topological polar surface area (TPSA) is 165 Å². The maximum atomic E-state index is 14.0. The van der Waals surface area contributed by atoms with E-state index in [1.807, 2.05) is 55.4 Å². The molecule has 0 aromatic heterocycles. The fraction of sp³-hybridized carbons (Fsp3) is 0.345. The molecule has 0 bridgehead atoms. The van der Waals surface area contributed by atoms with E-state index in [2.05, 4.69) is 0 Å². The standard InChI is InChI=1S/C29H31N3O7.2ClH/c1-31(2)18-12-15(13-8-6-5-7-9-13)23(33)20-16(18)10-14-11-17-22(32(3)4)25(35)21(28(30)38)27(37)29(17,39)26(36)19(14)24(20)34;;/h5-9,12,14,17,22,33-34,37,39H,10-11H2,1-4H3,(H2,30,38);2*1H/t14-,17-,22-,29-;;/m0../s1. The van der Waals surface area contributed by atoms with Gasteiger partial charge in [-0.3, -0.25) is 19.3 Å². The molecule has 1 fully saturated rings. The van der Waals surface area contributed by atoms with Gasteiger partial charge in [-0.2, -0.15) is 0 Å². The van der Waals surface area contributed by atoms with Crippen LogP contribution in [0, 0.1) is 11.8 Å². The van der Waals surface area contributed by atoms with Crippen LogP contribution in [0.4, 0.5) is 5.69 Å². The molecule has 12 heteroatoms. The number of carbonyl (C=O) groups excluding carboxylic acids is 3. The number of halogens is 2. The van der Waals surface area contributed by atoms with Gasteiger partial charge in [-0.05, 0) is 50.0 Å². The first-order chi connectivity index (χ1) is 18.3. The predicted molar refractivity (Wildman–Crippen MR) is 159 cm³/mol. The van der Waals surface area contributed by atoms with E-state index in [0.717, 1.165) is 5.69 Å². The summed E-state index contributed by atoms with van der Waals surface area (Å²) in [5.74, 6) is -6.66. The molecule has 0 heterocycles. The molecule has 220 valence electrons. The van der Waals surface area contributed by atoms with Gasteiger partial charge in [0, 0.05) is 36.8 Å². The number of fused-ring (bicyclic) bond motifs is 3. The quantitative estimate of drug-likeness (QED) is 0.329. The highest BCUT2D eigenvalue weighted by Gasteiger charge is 2.64. The Labute approximate surface area is 249 Å². The van der Waals surface area contributed by atoms with Crippen LogP contribution in [0.2, 0.25) is 0 Å². The number of aliphatic hydroxyl groups is 3. The van der Waals surface area contributed by atoms with Crippen molar-refractivity contribution in [3.63, 3.8) is 0 Å². The molecule has 0 aliphatic heterocycles. The Morgan fingerprint density at radius 2 is 1.63 bits per heavy atom. The van der Waals surface area contributed by atoms with Gasteiger partial charge in [0.05, 0.1) is 11.6 Å². The van der Waals surface area contributed by atoms with E-state index in [1.165, 1.54) is 4.90 Å². The highest BCUT2D eigenvalue weighted by atomic mass is 35.5. The summed E-state index contributed by atoms with van der Waals surface area (Å²) in [6.07, 6.45) is 0.268. The summed E-state index contributed by atoms with van der Waals surface area (Å²) in [7, 11) is 6.80. The van der Waals surface area contributed by atoms with Crippen molar-refractivity contribution in [1.29, 1.82) is 0 Å². The van der Waals surface area contributed by atoms with Crippen molar-refractivity contribution in [2.24, 2.45) is 17.6 Å². The number of hydrogen-bond acceptors (Lipinski definition) is 9. The van der Waals surface area contributed by atoms with Crippen LogP contribution in [0.15, 0.2) is 53.3 Å². The maximum absolute atomic E-state index is 14.0. The molecular weight excluding hydrogens is 573 g/mol. The molecule has 4 atom stereocenters. The lowest BCUT2D eigenvalue weighted by molar-refractivity contribution is -0.153. The molecule has 6 N–H and O–H groups in total. The summed E-state index contributed by atoms with van der Waals surface area (Å²) in [5, 5.41) is 45.7. The second-order valence-corrected chi connectivity index (χ2v) is 10.9. The van der Waals surface area contributed by atoms with E-state index in [4.69, 9.17) is 5.73 Å². The van der Waals surface area contributed by atoms with Gasteiger partial charge in [-0.25, -0.2) is 0 Å². The second-order valence-electron chi connectivity index (χ2n) is 10.9. The number of rotatable bonds is 4. The number of benzene rings is 2. The number of phenolic OH excluding ortho intramolecular Hbond substituents is 1. The van der Waals surface area contributed by atoms with Gasteiger partial charge in [0.15, 0.2) is 11.4 Å². The minimum absolute atomic E-state index is 0. The maximum Gasteiger partial charge on any atom is 0.255 e. The monoisotopic (exact) mass is 605 g/mol. The highest BCUT2D eigenvalue weighted by molar-refractivity contribution is 6.24. The van der Waals surface area contributed by atoms with Crippen molar-refractivity contribution >= 4 is 53.7 Å². The summed E-state index contributed by atoms with van der Waals surface area (Å²) < 4.78 is 0. The Kier molecular flexibility index (Phi) is 8.58. The van der Waals surface area contributed by atoms with Crippen molar-refractivity contribution < 1.29 is 34.8 Å². The summed E-state index contributed by atoms with van der Waals surface area (Å²) in [6.45, 7) is 0. The molecule has 0 radical (unpaired) electrons. The average Bonchev–Trinajstić information content (AvgIpc) is 2.86. The smallest absolute Gasteiger partial charge is 0.255 e. The number of primary amides is 1. The van der Waals surface area contributed by atoms with Crippen molar-refractivity contribution in [3.05, 3.63) is 64.4 Å². The molecule has 0 spiro atoms. The minimum atomic E-state index is -2.67.